The molecule has 0 bridgehead atoms. The number of benzene rings is 1. The van der Waals surface area contributed by atoms with Crippen molar-refractivity contribution in [1.29, 1.82) is 0 Å². The molecule has 1 aliphatic heterocycles. The summed E-state index contributed by atoms with van der Waals surface area (Å²) >= 11 is 0. The van der Waals surface area contributed by atoms with Gasteiger partial charge in [0.1, 0.15) is 5.75 Å². The first kappa shape index (κ1) is 12.2. The van der Waals surface area contributed by atoms with Crippen LogP contribution in [0.1, 0.15) is 18.9 Å². The van der Waals surface area contributed by atoms with Crippen molar-refractivity contribution in [2.75, 3.05) is 31.6 Å². The molecule has 3 heteroatoms. The summed E-state index contributed by atoms with van der Waals surface area (Å²) in [5.74, 6) is 1.58. The van der Waals surface area contributed by atoms with Crippen LogP contribution in [-0.4, -0.2) is 26.7 Å². The highest BCUT2D eigenvalue weighted by Gasteiger charge is 2.12. The van der Waals surface area contributed by atoms with Gasteiger partial charge in [0.05, 0.1) is 6.61 Å². The molecule has 1 aromatic carbocycles. The van der Waals surface area contributed by atoms with Crippen molar-refractivity contribution in [3.63, 3.8) is 0 Å². The minimum absolute atomic E-state index is 0.521. The van der Waals surface area contributed by atoms with Gasteiger partial charge in [-0.2, -0.15) is 0 Å². The highest BCUT2D eigenvalue weighted by molar-refractivity contribution is 5.53. The van der Waals surface area contributed by atoms with E-state index < -0.39 is 0 Å². The fraction of sp³-hybridized carbons (Fsp3) is 0.571. The zero-order valence-electron chi connectivity index (χ0n) is 10.8. The molecule has 1 atom stereocenters. The molecule has 0 aromatic heterocycles. The van der Waals surface area contributed by atoms with Crippen molar-refractivity contribution in [2.24, 2.45) is 11.7 Å². The van der Waals surface area contributed by atoms with Gasteiger partial charge in [-0.1, -0.05) is 6.92 Å². The highest BCUT2D eigenvalue weighted by atomic mass is 16.5. The second kappa shape index (κ2) is 5.41. The number of hydrogen-bond donors (Lipinski definition) is 1. The van der Waals surface area contributed by atoms with Crippen LogP contribution in [0.25, 0.3) is 0 Å². The number of hydrogen-bond acceptors (Lipinski definition) is 3. The second-order valence-electron chi connectivity index (χ2n) is 4.97. The van der Waals surface area contributed by atoms with Crippen LogP contribution in [0.2, 0.25) is 0 Å². The molecule has 94 valence electrons. The normalized spacial score (nSPS) is 15.9. The van der Waals surface area contributed by atoms with Crippen molar-refractivity contribution in [2.45, 2.75) is 19.8 Å². The van der Waals surface area contributed by atoms with E-state index in [0.717, 1.165) is 38.3 Å². The Balaban J connectivity index is 2.10. The first-order chi connectivity index (χ1) is 8.20. The number of nitrogens with two attached hydrogens (primary N) is 1. The summed E-state index contributed by atoms with van der Waals surface area (Å²) in [6.07, 6.45) is 2.25. The smallest absolute Gasteiger partial charge is 0.122 e. The number of fused-ring (bicyclic) bond motifs is 1. The van der Waals surface area contributed by atoms with Crippen molar-refractivity contribution >= 4 is 5.69 Å². The molecule has 2 rings (SSSR count). The fourth-order valence-corrected chi connectivity index (χ4v) is 2.23. The molecule has 1 heterocycles. The maximum absolute atomic E-state index is 5.66. The van der Waals surface area contributed by atoms with Crippen LogP contribution in [0.5, 0.6) is 5.75 Å². The molecule has 0 aliphatic carbocycles. The third kappa shape index (κ3) is 2.91. The summed E-state index contributed by atoms with van der Waals surface area (Å²) in [7, 11) is 2.12. The van der Waals surface area contributed by atoms with E-state index in [1.165, 1.54) is 11.3 Å². The highest BCUT2D eigenvalue weighted by Crippen LogP contribution is 2.28. The molecular formula is C14H22N2O. The van der Waals surface area contributed by atoms with Gasteiger partial charge >= 0.3 is 0 Å². The Labute approximate surface area is 104 Å². The topological polar surface area (TPSA) is 38.5 Å². The lowest BCUT2D eigenvalue weighted by Gasteiger charge is -2.25. The third-order valence-corrected chi connectivity index (χ3v) is 3.32. The van der Waals surface area contributed by atoms with E-state index in [1.54, 1.807) is 0 Å². The van der Waals surface area contributed by atoms with E-state index in [-0.39, 0.29) is 0 Å². The Morgan fingerprint density at radius 1 is 1.47 bits per heavy atom. The molecule has 0 fully saturated rings. The summed E-state index contributed by atoms with van der Waals surface area (Å²) < 4.78 is 5.62. The van der Waals surface area contributed by atoms with Crippen LogP contribution < -0.4 is 15.4 Å². The summed E-state index contributed by atoms with van der Waals surface area (Å²) in [5.41, 5.74) is 8.26. The first-order valence-electron chi connectivity index (χ1n) is 6.37. The molecule has 1 aromatic rings. The Bertz CT molecular complexity index is 378. The lowest BCUT2D eigenvalue weighted by molar-refractivity contribution is 0.288. The molecule has 1 aliphatic rings. The van der Waals surface area contributed by atoms with Gasteiger partial charge in [-0.3, -0.25) is 0 Å². The van der Waals surface area contributed by atoms with Crippen molar-refractivity contribution in [3.8, 4) is 5.75 Å². The molecule has 17 heavy (non-hydrogen) atoms. The number of nitrogens with zero attached hydrogens (tertiary/aromatic N) is 1. The van der Waals surface area contributed by atoms with Gasteiger partial charge in [0.25, 0.3) is 0 Å². The maximum atomic E-state index is 5.66. The van der Waals surface area contributed by atoms with Gasteiger partial charge < -0.3 is 15.4 Å². The van der Waals surface area contributed by atoms with Crippen LogP contribution in [-0.2, 0) is 6.42 Å². The first-order valence-corrected chi connectivity index (χ1v) is 6.37. The Kier molecular flexibility index (Phi) is 3.89. The van der Waals surface area contributed by atoms with E-state index in [2.05, 4.69) is 37.1 Å². The van der Waals surface area contributed by atoms with Crippen molar-refractivity contribution in [3.05, 3.63) is 23.8 Å². The van der Waals surface area contributed by atoms with Gasteiger partial charge in [-0.15, -0.1) is 0 Å². The average Bonchev–Trinajstić information content (AvgIpc) is 2.38. The summed E-state index contributed by atoms with van der Waals surface area (Å²) in [4.78, 5) is 2.27. The van der Waals surface area contributed by atoms with E-state index in [9.17, 15) is 0 Å². The van der Waals surface area contributed by atoms with Crippen LogP contribution in [0.4, 0.5) is 5.69 Å². The van der Waals surface area contributed by atoms with Crippen LogP contribution in [0.3, 0.4) is 0 Å². The average molecular weight is 234 g/mol. The molecule has 2 N–H and O–H groups in total. The van der Waals surface area contributed by atoms with Crippen LogP contribution in [0.15, 0.2) is 18.2 Å². The van der Waals surface area contributed by atoms with Gasteiger partial charge in [-0.25, -0.2) is 0 Å². The zero-order valence-corrected chi connectivity index (χ0v) is 10.8. The van der Waals surface area contributed by atoms with Crippen LogP contribution >= 0.6 is 0 Å². The van der Waals surface area contributed by atoms with Crippen molar-refractivity contribution in [1.82, 2.24) is 0 Å². The lowest BCUT2D eigenvalue weighted by atomic mass is 10.0. The number of rotatable bonds is 4. The molecule has 0 amide bonds. The minimum Gasteiger partial charge on any atom is -0.493 e. The third-order valence-electron chi connectivity index (χ3n) is 3.32. The minimum atomic E-state index is 0.521. The second-order valence-corrected chi connectivity index (χ2v) is 4.97. The van der Waals surface area contributed by atoms with Gasteiger partial charge in [0.2, 0.25) is 0 Å². The summed E-state index contributed by atoms with van der Waals surface area (Å²) in [6.45, 7) is 4.76. The number of ether oxygens (including phenoxy) is 1. The summed E-state index contributed by atoms with van der Waals surface area (Å²) in [6, 6.07) is 6.47. The molecule has 0 saturated heterocycles. The molecule has 1 unspecified atom stereocenters. The number of anilines is 1. The standard InChI is InChI=1S/C14H22N2O/c1-11(9-15)10-16(2)13-5-6-14-12(8-13)4-3-7-17-14/h5-6,8,11H,3-4,7,9-10,15H2,1-2H3. The lowest BCUT2D eigenvalue weighted by Crippen LogP contribution is -2.28. The monoisotopic (exact) mass is 234 g/mol. The van der Waals surface area contributed by atoms with E-state index in [1.807, 2.05) is 0 Å². The summed E-state index contributed by atoms with van der Waals surface area (Å²) in [5, 5.41) is 0. The van der Waals surface area contributed by atoms with E-state index >= 15 is 0 Å². The van der Waals surface area contributed by atoms with Gasteiger partial charge in [0.15, 0.2) is 0 Å². The van der Waals surface area contributed by atoms with Gasteiger partial charge in [0, 0.05) is 19.3 Å². The Hall–Kier alpha value is -1.22. The predicted octanol–water partition coefficient (Wildman–Crippen LogP) is 2.04. The van der Waals surface area contributed by atoms with Gasteiger partial charge in [-0.05, 0) is 49.1 Å². The number of aryl methyl sites for hydroxylation is 1. The largest absolute Gasteiger partial charge is 0.493 e. The SMILES string of the molecule is CC(CN)CN(C)c1ccc2c(c1)CCCO2. The fourth-order valence-electron chi connectivity index (χ4n) is 2.23. The Morgan fingerprint density at radius 2 is 2.29 bits per heavy atom. The molecular weight excluding hydrogens is 212 g/mol. The van der Waals surface area contributed by atoms with E-state index in [0.29, 0.717) is 5.92 Å². The molecule has 0 radical (unpaired) electrons. The zero-order chi connectivity index (χ0) is 12.3. The molecule has 0 spiro atoms. The van der Waals surface area contributed by atoms with E-state index in [4.69, 9.17) is 10.5 Å². The maximum Gasteiger partial charge on any atom is 0.122 e. The predicted molar refractivity (Wildman–Crippen MR) is 71.7 cm³/mol. The Morgan fingerprint density at radius 3 is 3.06 bits per heavy atom. The quantitative estimate of drug-likeness (QED) is 0.866. The molecule has 0 saturated carbocycles. The molecule has 3 nitrogen and oxygen atoms in total. The van der Waals surface area contributed by atoms with Crippen molar-refractivity contribution < 1.29 is 4.74 Å². The van der Waals surface area contributed by atoms with Crippen LogP contribution in [0, 0.1) is 5.92 Å².